The van der Waals surface area contributed by atoms with Crippen molar-refractivity contribution in [2.75, 3.05) is 0 Å². The molecule has 70 valence electrons. The standard InChI is InChI=1S/C14H14/c1-2-10-4-3-9(1)13-11-5-7-12(8-6-11)14(10)13/h1-14H. The van der Waals surface area contributed by atoms with E-state index in [4.69, 9.17) is 0 Å². The van der Waals surface area contributed by atoms with Gasteiger partial charge in [-0.2, -0.15) is 0 Å². The number of rotatable bonds is 0. The van der Waals surface area contributed by atoms with Crippen LogP contribution < -0.4 is 0 Å². The quantitative estimate of drug-likeness (QED) is 0.505. The Morgan fingerprint density at radius 2 is 0.571 bits per heavy atom. The first-order chi connectivity index (χ1) is 6.93. The molecule has 6 aliphatic rings. The fraction of sp³-hybridized carbons (Fsp3) is 0.429. The summed E-state index contributed by atoms with van der Waals surface area (Å²) in [7, 11) is 0. The molecule has 0 radical (unpaired) electrons. The summed E-state index contributed by atoms with van der Waals surface area (Å²) in [4.78, 5) is 0. The van der Waals surface area contributed by atoms with E-state index < -0.39 is 0 Å². The van der Waals surface area contributed by atoms with Crippen LogP contribution in [0, 0.1) is 35.5 Å². The van der Waals surface area contributed by atoms with Crippen molar-refractivity contribution < 1.29 is 0 Å². The van der Waals surface area contributed by atoms with Gasteiger partial charge in [0.05, 0.1) is 0 Å². The lowest BCUT2D eigenvalue weighted by molar-refractivity contribution is 0.140. The van der Waals surface area contributed by atoms with Gasteiger partial charge in [-0.1, -0.05) is 48.6 Å². The van der Waals surface area contributed by atoms with Gasteiger partial charge in [0.2, 0.25) is 0 Å². The Bertz CT molecular complexity index is 285. The molecule has 0 nitrogen and oxygen atoms in total. The van der Waals surface area contributed by atoms with Gasteiger partial charge >= 0.3 is 0 Å². The number of hydrogen-bond acceptors (Lipinski definition) is 0. The van der Waals surface area contributed by atoms with E-state index >= 15 is 0 Å². The summed E-state index contributed by atoms with van der Waals surface area (Å²) in [6, 6.07) is 0. The molecule has 0 aromatic heterocycles. The average Bonchev–Trinajstić information content (AvgIpc) is 2.32. The van der Waals surface area contributed by atoms with E-state index in [0.29, 0.717) is 23.7 Å². The highest BCUT2D eigenvalue weighted by Gasteiger charge is 2.46. The monoisotopic (exact) mass is 182 g/mol. The molecule has 0 heterocycles. The molecule has 0 spiro atoms. The molecule has 0 heteroatoms. The smallest absolute Gasteiger partial charge is 0.00128 e. The maximum absolute atomic E-state index is 2.42. The van der Waals surface area contributed by atoms with Crippen LogP contribution in [0.2, 0.25) is 0 Å². The van der Waals surface area contributed by atoms with Crippen LogP contribution in [0.25, 0.3) is 0 Å². The largest absolute Gasteiger partial charge is 0.0807 e. The Morgan fingerprint density at radius 3 is 0.786 bits per heavy atom. The molecule has 0 atom stereocenters. The van der Waals surface area contributed by atoms with Crippen molar-refractivity contribution in [2.24, 2.45) is 35.5 Å². The Labute approximate surface area is 84.7 Å². The molecular weight excluding hydrogens is 168 g/mol. The van der Waals surface area contributed by atoms with Gasteiger partial charge in [-0.25, -0.2) is 0 Å². The highest BCUT2D eigenvalue weighted by Crippen LogP contribution is 2.53. The summed E-state index contributed by atoms with van der Waals surface area (Å²) in [5, 5.41) is 0. The van der Waals surface area contributed by atoms with E-state index in [1.54, 1.807) is 0 Å². The Hall–Kier alpha value is -1.04. The minimum atomic E-state index is 0.715. The van der Waals surface area contributed by atoms with Gasteiger partial charge in [-0.3, -0.25) is 0 Å². The van der Waals surface area contributed by atoms with Gasteiger partial charge in [0.25, 0.3) is 0 Å². The zero-order valence-corrected chi connectivity index (χ0v) is 8.08. The first-order valence-electron chi connectivity index (χ1n) is 5.67. The lowest BCUT2D eigenvalue weighted by atomic mass is 9.53. The molecule has 4 bridgehead atoms. The van der Waals surface area contributed by atoms with E-state index in [9.17, 15) is 0 Å². The highest BCUT2D eigenvalue weighted by atomic mass is 14.5. The second-order valence-electron chi connectivity index (χ2n) is 5.00. The molecule has 0 aliphatic heterocycles. The Morgan fingerprint density at radius 1 is 0.357 bits per heavy atom. The first-order valence-corrected chi connectivity index (χ1v) is 5.67. The van der Waals surface area contributed by atoms with Crippen LogP contribution in [-0.2, 0) is 0 Å². The van der Waals surface area contributed by atoms with Gasteiger partial charge in [0.1, 0.15) is 0 Å². The van der Waals surface area contributed by atoms with Gasteiger partial charge in [-0.15, -0.1) is 0 Å². The molecule has 6 aliphatic carbocycles. The molecule has 0 fully saturated rings. The van der Waals surface area contributed by atoms with Crippen molar-refractivity contribution in [2.45, 2.75) is 0 Å². The molecular formula is C14H14. The summed E-state index contributed by atoms with van der Waals surface area (Å²) in [5.74, 6) is 4.60. The summed E-state index contributed by atoms with van der Waals surface area (Å²) < 4.78 is 0. The van der Waals surface area contributed by atoms with Crippen LogP contribution in [0.5, 0.6) is 0 Å². The summed E-state index contributed by atoms with van der Waals surface area (Å²) >= 11 is 0. The Kier molecular flexibility index (Phi) is 1.20. The number of allylic oxidation sites excluding steroid dienone is 8. The van der Waals surface area contributed by atoms with E-state index in [1.807, 2.05) is 0 Å². The predicted molar refractivity (Wildman–Crippen MR) is 57.5 cm³/mol. The minimum Gasteiger partial charge on any atom is -0.0807 e. The molecule has 14 heavy (non-hydrogen) atoms. The maximum Gasteiger partial charge on any atom is -0.00128 e. The average molecular weight is 182 g/mol. The normalized spacial score (nSPS) is 55.4. The molecule has 0 aromatic rings. The molecule has 0 N–H and O–H groups in total. The zero-order valence-electron chi connectivity index (χ0n) is 8.08. The van der Waals surface area contributed by atoms with Crippen molar-refractivity contribution in [3.63, 3.8) is 0 Å². The van der Waals surface area contributed by atoms with E-state index in [2.05, 4.69) is 48.6 Å². The van der Waals surface area contributed by atoms with Gasteiger partial charge < -0.3 is 0 Å². The van der Waals surface area contributed by atoms with Crippen molar-refractivity contribution in [3.05, 3.63) is 48.6 Å². The number of hydrogen-bond donors (Lipinski definition) is 0. The summed E-state index contributed by atoms with van der Waals surface area (Å²) in [5.41, 5.74) is 0. The lowest BCUT2D eigenvalue weighted by Gasteiger charge is -2.51. The van der Waals surface area contributed by atoms with Gasteiger partial charge in [0.15, 0.2) is 0 Å². The van der Waals surface area contributed by atoms with Crippen LogP contribution in [-0.4, -0.2) is 0 Å². The van der Waals surface area contributed by atoms with Crippen LogP contribution in [0.15, 0.2) is 48.6 Å². The molecule has 6 rings (SSSR count). The van der Waals surface area contributed by atoms with Crippen LogP contribution in [0.4, 0.5) is 0 Å². The Balaban J connectivity index is 1.88. The third kappa shape index (κ3) is 0.716. The molecule has 0 aromatic carbocycles. The van der Waals surface area contributed by atoms with Gasteiger partial charge in [-0.05, 0) is 35.5 Å². The van der Waals surface area contributed by atoms with E-state index in [0.717, 1.165) is 11.8 Å². The first kappa shape index (κ1) is 7.28. The van der Waals surface area contributed by atoms with Crippen molar-refractivity contribution in [3.8, 4) is 0 Å². The fourth-order valence-electron chi connectivity index (χ4n) is 3.85. The predicted octanol–water partition coefficient (Wildman–Crippen LogP) is 2.96. The van der Waals surface area contributed by atoms with Crippen LogP contribution >= 0.6 is 0 Å². The second-order valence-corrected chi connectivity index (χ2v) is 5.00. The molecule has 0 saturated heterocycles. The van der Waals surface area contributed by atoms with Crippen LogP contribution in [0.1, 0.15) is 0 Å². The highest BCUT2D eigenvalue weighted by molar-refractivity contribution is 5.33. The summed E-state index contributed by atoms with van der Waals surface area (Å²) in [6.07, 6.45) is 19.4. The second kappa shape index (κ2) is 2.31. The van der Waals surface area contributed by atoms with Crippen LogP contribution in [0.3, 0.4) is 0 Å². The molecule has 0 amide bonds. The van der Waals surface area contributed by atoms with E-state index in [-0.39, 0.29) is 0 Å². The molecule has 0 saturated carbocycles. The third-order valence-corrected chi connectivity index (χ3v) is 4.44. The summed E-state index contributed by atoms with van der Waals surface area (Å²) in [6.45, 7) is 0. The van der Waals surface area contributed by atoms with Crippen molar-refractivity contribution in [1.29, 1.82) is 0 Å². The van der Waals surface area contributed by atoms with Crippen molar-refractivity contribution in [1.82, 2.24) is 0 Å². The maximum atomic E-state index is 2.42. The zero-order chi connectivity index (χ0) is 9.12. The lowest BCUT2D eigenvalue weighted by Crippen LogP contribution is -2.44. The van der Waals surface area contributed by atoms with E-state index in [1.165, 1.54) is 0 Å². The SMILES string of the molecule is C1=CC2C=CC1C1C3C=CC(C=C3)C21. The molecule has 0 unspecified atom stereocenters. The fourth-order valence-corrected chi connectivity index (χ4v) is 3.85. The van der Waals surface area contributed by atoms with Gasteiger partial charge in [0, 0.05) is 0 Å². The minimum absolute atomic E-state index is 0.715. The van der Waals surface area contributed by atoms with Crippen molar-refractivity contribution >= 4 is 0 Å². The topological polar surface area (TPSA) is 0 Å². The third-order valence-electron chi connectivity index (χ3n) is 4.44.